The van der Waals surface area contributed by atoms with Crippen molar-refractivity contribution in [2.75, 3.05) is 13.6 Å². The van der Waals surface area contributed by atoms with Crippen LogP contribution in [0.2, 0.25) is 0 Å². The summed E-state index contributed by atoms with van der Waals surface area (Å²) in [5, 5.41) is 21.9. The van der Waals surface area contributed by atoms with Crippen LogP contribution in [-0.2, 0) is 4.79 Å². The maximum absolute atomic E-state index is 12.5. The van der Waals surface area contributed by atoms with Crippen LogP contribution in [0.15, 0.2) is 12.1 Å². The zero-order valence-electron chi connectivity index (χ0n) is 15.2. The second-order valence-electron chi connectivity index (χ2n) is 8.18. The van der Waals surface area contributed by atoms with Gasteiger partial charge in [-0.3, -0.25) is 4.79 Å². The third kappa shape index (κ3) is 2.56. The summed E-state index contributed by atoms with van der Waals surface area (Å²) in [6.45, 7) is 4.97. The van der Waals surface area contributed by atoms with Crippen molar-refractivity contribution in [3.63, 3.8) is 0 Å². The molecule has 0 bridgehead atoms. The molecule has 5 heteroatoms. The van der Waals surface area contributed by atoms with E-state index in [2.05, 4.69) is 11.9 Å². The molecule has 1 aromatic rings. The smallest absolute Gasteiger partial charge is 0.174 e. The molecule has 3 aliphatic rings. The number of hydrogen-bond acceptors (Lipinski definition) is 5. The first-order valence-electron chi connectivity index (χ1n) is 9.27. The molecule has 1 heterocycles. The van der Waals surface area contributed by atoms with Crippen molar-refractivity contribution in [3.8, 4) is 11.5 Å². The summed E-state index contributed by atoms with van der Waals surface area (Å²) in [5.74, 6) is 0.744. The molecular formula is C20H27NO4. The number of phenolic OH excluding ortho intramolecular Hbond substituents is 1. The molecule has 4 rings (SSSR count). The molecule has 0 spiro atoms. The second-order valence-corrected chi connectivity index (χ2v) is 8.18. The quantitative estimate of drug-likeness (QED) is 0.877. The van der Waals surface area contributed by atoms with Gasteiger partial charge in [-0.2, -0.15) is 0 Å². The largest absolute Gasteiger partial charge is 0.504 e. The molecule has 0 amide bonds. The van der Waals surface area contributed by atoms with Crippen molar-refractivity contribution < 1.29 is 19.7 Å². The predicted octanol–water partition coefficient (Wildman–Crippen LogP) is 2.37. The van der Waals surface area contributed by atoms with Crippen LogP contribution in [0.4, 0.5) is 0 Å². The summed E-state index contributed by atoms with van der Waals surface area (Å²) in [6, 6.07) is 3.33. The van der Waals surface area contributed by atoms with E-state index >= 15 is 0 Å². The van der Waals surface area contributed by atoms with Crippen molar-refractivity contribution >= 4 is 5.78 Å². The summed E-state index contributed by atoms with van der Waals surface area (Å²) in [5.41, 5.74) is 0.698. The van der Waals surface area contributed by atoms with E-state index < -0.39 is 17.6 Å². The number of carbonyl (C=O) groups excluding carboxylic acids is 1. The standard InChI is InChI=1S/C20H27NO4/c1-11-4-7-14(22)18-16(11)17-19(25-18)15(23)8-9-20(17,24)12(2)21(3)10-13-5-6-13/h4,7,12-13,17,19,22,24H,5-6,8-10H2,1-3H3/t12-,17?,19?,20-/m1/s1. The van der Waals surface area contributed by atoms with E-state index in [9.17, 15) is 15.0 Å². The van der Waals surface area contributed by atoms with Crippen molar-refractivity contribution in [3.05, 3.63) is 23.3 Å². The van der Waals surface area contributed by atoms with E-state index in [1.807, 2.05) is 19.9 Å². The average Bonchev–Trinajstić information content (AvgIpc) is 3.28. The van der Waals surface area contributed by atoms with E-state index in [0.29, 0.717) is 18.6 Å². The molecule has 1 aliphatic heterocycles. The van der Waals surface area contributed by atoms with Crippen LogP contribution in [0.3, 0.4) is 0 Å². The molecule has 4 atom stereocenters. The molecule has 2 N–H and O–H groups in total. The lowest BCUT2D eigenvalue weighted by atomic mass is 9.66. The number of benzene rings is 1. The lowest BCUT2D eigenvalue weighted by Gasteiger charge is -2.47. The first kappa shape index (κ1) is 16.9. The van der Waals surface area contributed by atoms with Crippen LogP contribution in [0, 0.1) is 12.8 Å². The number of hydrogen-bond donors (Lipinski definition) is 2. The normalized spacial score (nSPS) is 32.3. The van der Waals surface area contributed by atoms with Crippen LogP contribution >= 0.6 is 0 Å². The van der Waals surface area contributed by atoms with E-state index in [1.54, 1.807) is 6.07 Å². The minimum Gasteiger partial charge on any atom is -0.504 e. The number of Topliss-reactive ketones (excluding diaryl/α,β-unsaturated/α-hetero) is 1. The average molecular weight is 345 g/mol. The number of nitrogens with zero attached hydrogens (tertiary/aromatic N) is 1. The lowest BCUT2D eigenvalue weighted by molar-refractivity contribution is -0.144. The van der Waals surface area contributed by atoms with E-state index in [1.165, 1.54) is 12.8 Å². The molecule has 2 saturated carbocycles. The zero-order valence-corrected chi connectivity index (χ0v) is 15.2. The second kappa shape index (κ2) is 5.71. The number of fused-ring (bicyclic) bond motifs is 3. The first-order valence-corrected chi connectivity index (χ1v) is 9.27. The van der Waals surface area contributed by atoms with Crippen LogP contribution in [0.1, 0.15) is 49.7 Å². The molecule has 2 aliphatic carbocycles. The topological polar surface area (TPSA) is 70.0 Å². The maximum atomic E-state index is 12.5. The monoisotopic (exact) mass is 345 g/mol. The van der Waals surface area contributed by atoms with Gasteiger partial charge in [0.25, 0.3) is 0 Å². The van der Waals surface area contributed by atoms with Crippen molar-refractivity contribution in [1.29, 1.82) is 0 Å². The first-order chi connectivity index (χ1) is 11.8. The summed E-state index contributed by atoms with van der Waals surface area (Å²) in [6.07, 6.45) is 2.57. The molecule has 2 fully saturated rings. The Morgan fingerprint density at radius 1 is 1.40 bits per heavy atom. The number of ether oxygens (including phenoxy) is 1. The van der Waals surface area contributed by atoms with Gasteiger partial charge in [-0.1, -0.05) is 6.07 Å². The fourth-order valence-corrected chi connectivity index (χ4v) is 4.64. The number of ketones is 1. The number of aryl methyl sites for hydroxylation is 1. The molecule has 2 unspecified atom stereocenters. The van der Waals surface area contributed by atoms with Gasteiger partial charge < -0.3 is 19.8 Å². The molecule has 5 nitrogen and oxygen atoms in total. The minimum absolute atomic E-state index is 0.0155. The Labute approximate surface area is 148 Å². The number of carbonyl (C=O) groups is 1. The molecule has 0 saturated heterocycles. The highest BCUT2D eigenvalue weighted by atomic mass is 16.5. The summed E-state index contributed by atoms with van der Waals surface area (Å²) < 4.78 is 5.88. The molecule has 1 aromatic carbocycles. The number of rotatable bonds is 4. The van der Waals surface area contributed by atoms with Crippen molar-refractivity contribution in [2.24, 2.45) is 5.92 Å². The van der Waals surface area contributed by atoms with E-state index in [-0.39, 0.29) is 17.6 Å². The Morgan fingerprint density at radius 2 is 2.12 bits per heavy atom. The van der Waals surface area contributed by atoms with Gasteiger partial charge in [-0.15, -0.1) is 0 Å². The Morgan fingerprint density at radius 3 is 2.80 bits per heavy atom. The number of phenols is 1. The fourth-order valence-electron chi connectivity index (χ4n) is 4.64. The van der Waals surface area contributed by atoms with Crippen molar-refractivity contribution in [2.45, 2.75) is 63.2 Å². The van der Waals surface area contributed by atoms with Gasteiger partial charge in [0.05, 0.1) is 11.5 Å². The van der Waals surface area contributed by atoms with Crippen LogP contribution in [0.5, 0.6) is 11.5 Å². The Bertz CT molecular complexity index is 714. The van der Waals surface area contributed by atoms with Gasteiger partial charge in [-0.25, -0.2) is 0 Å². The fraction of sp³-hybridized carbons (Fsp3) is 0.650. The molecule has 136 valence electrons. The van der Waals surface area contributed by atoms with Crippen LogP contribution in [-0.4, -0.2) is 52.2 Å². The molecule has 0 aromatic heterocycles. The third-order valence-electron chi connectivity index (χ3n) is 6.51. The molecular weight excluding hydrogens is 318 g/mol. The molecule has 0 radical (unpaired) electrons. The van der Waals surface area contributed by atoms with Gasteiger partial charge in [0.2, 0.25) is 0 Å². The Kier molecular flexibility index (Phi) is 3.85. The molecule has 25 heavy (non-hydrogen) atoms. The van der Waals surface area contributed by atoms with E-state index in [0.717, 1.165) is 23.6 Å². The van der Waals surface area contributed by atoms with Gasteiger partial charge in [0, 0.05) is 24.6 Å². The summed E-state index contributed by atoms with van der Waals surface area (Å²) >= 11 is 0. The van der Waals surface area contributed by atoms with Gasteiger partial charge in [0.1, 0.15) is 0 Å². The highest BCUT2D eigenvalue weighted by Gasteiger charge is 2.58. The summed E-state index contributed by atoms with van der Waals surface area (Å²) in [4.78, 5) is 14.7. The van der Waals surface area contributed by atoms with Crippen molar-refractivity contribution in [1.82, 2.24) is 4.90 Å². The lowest BCUT2D eigenvalue weighted by Crippen LogP contribution is -2.59. The van der Waals surface area contributed by atoms with E-state index in [4.69, 9.17) is 4.74 Å². The van der Waals surface area contributed by atoms with Crippen LogP contribution in [0.25, 0.3) is 0 Å². The van der Waals surface area contributed by atoms with Gasteiger partial charge in [-0.05, 0) is 57.7 Å². The predicted molar refractivity (Wildman–Crippen MR) is 94.0 cm³/mol. The highest BCUT2D eigenvalue weighted by Crippen LogP contribution is 2.54. The van der Waals surface area contributed by atoms with Gasteiger partial charge >= 0.3 is 0 Å². The highest BCUT2D eigenvalue weighted by molar-refractivity contribution is 5.88. The Balaban J connectivity index is 1.74. The number of aromatic hydroxyl groups is 1. The third-order valence-corrected chi connectivity index (χ3v) is 6.51. The van der Waals surface area contributed by atoms with Gasteiger partial charge in [0.15, 0.2) is 23.4 Å². The minimum atomic E-state index is -1.05. The SMILES string of the molecule is Cc1ccc(O)c2c1C1C(O2)C(=O)CC[C@@]1(O)[C@@H](C)N(C)CC1CC1. The summed E-state index contributed by atoms with van der Waals surface area (Å²) in [7, 11) is 2.05. The number of aliphatic hydroxyl groups is 1. The maximum Gasteiger partial charge on any atom is 0.174 e. The van der Waals surface area contributed by atoms with Crippen LogP contribution < -0.4 is 4.74 Å². The Hall–Kier alpha value is -1.59. The zero-order chi connectivity index (χ0) is 17.9. The number of likely N-dealkylation sites (N-methyl/N-ethyl adjacent to an activating group) is 1.